The number of carbonyl (C=O) groups is 1. The van der Waals surface area contributed by atoms with Crippen molar-refractivity contribution < 1.29 is 25.2 Å². The number of amides is 1. The van der Waals surface area contributed by atoms with Gasteiger partial charge >= 0.3 is 0 Å². The van der Waals surface area contributed by atoms with E-state index in [4.69, 9.17) is 0 Å². The number of allylic oxidation sites excluding steroid dienone is 8. The smallest absolute Gasteiger partial charge is 0.249 e. The van der Waals surface area contributed by atoms with Crippen LogP contribution in [-0.2, 0) is 4.79 Å². The molecule has 1 amide bonds. The predicted molar refractivity (Wildman–Crippen MR) is 316 cm³/mol. The lowest BCUT2D eigenvalue weighted by Gasteiger charge is -2.27. The summed E-state index contributed by atoms with van der Waals surface area (Å²) in [6.45, 7) is 4.08. The summed E-state index contributed by atoms with van der Waals surface area (Å²) in [6.07, 6.45) is 77.8. The predicted octanol–water partition coefficient (Wildman–Crippen LogP) is 19.3. The second-order valence-electron chi connectivity index (χ2n) is 22.1. The van der Waals surface area contributed by atoms with Gasteiger partial charge in [0.2, 0.25) is 5.91 Å². The molecule has 4 unspecified atom stereocenters. The molecule has 0 fully saturated rings. The van der Waals surface area contributed by atoms with Gasteiger partial charge in [-0.1, -0.05) is 300 Å². The third-order valence-corrected chi connectivity index (χ3v) is 15.0. The average molecular weight is 1010 g/mol. The first-order chi connectivity index (χ1) is 35.5. The van der Waals surface area contributed by atoms with Gasteiger partial charge in [-0.3, -0.25) is 4.79 Å². The van der Waals surface area contributed by atoms with Crippen LogP contribution in [0.25, 0.3) is 0 Å². The average Bonchev–Trinajstić information content (AvgIpc) is 3.39. The van der Waals surface area contributed by atoms with E-state index in [-0.39, 0.29) is 0 Å². The quantitative estimate of drug-likeness (QED) is 0.0308. The first-order valence-electron chi connectivity index (χ1n) is 32.0. The molecule has 0 aliphatic carbocycles. The Kier molecular flexibility index (Phi) is 58.7. The number of hydrogen-bond donors (Lipinski definition) is 5. The van der Waals surface area contributed by atoms with Gasteiger partial charge in [-0.15, -0.1) is 0 Å². The standard InChI is InChI=1S/C66H125NO5/c1-3-5-7-9-11-13-15-17-19-21-23-25-27-29-31-32-33-34-36-37-39-41-43-45-47-49-51-53-55-57-59-63(69)65(71)62(61-68)67-66(72)64(70)60-58-56-54-52-50-48-46-44-42-40-38-35-30-28-26-24-22-20-18-16-14-12-10-8-6-4-2/h24,26,30,35,43,45,51,53,62-65,68-71H,3-23,25,27-29,31-34,36-42,44,46-50,52,54-61H2,1-2H3,(H,67,72)/b26-24-,35-30-,45-43+,53-51+. The van der Waals surface area contributed by atoms with Crippen LogP contribution in [-0.4, -0.2) is 57.3 Å². The van der Waals surface area contributed by atoms with Gasteiger partial charge in [-0.25, -0.2) is 0 Å². The topological polar surface area (TPSA) is 110 Å². The van der Waals surface area contributed by atoms with Gasteiger partial charge in [0.15, 0.2) is 0 Å². The largest absolute Gasteiger partial charge is 0.394 e. The van der Waals surface area contributed by atoms with Crippen LogP contribution in [0.1, 0.15) is 335 Å². The molecule has 5 N–H and O–H groups in total. The summed E-state index contributed by atoms with van der Waals surface area (Å²) >= 11 is 0. The zero-order valence-electron chi connectivity index (χ0n) is 48.2. The van der Waals surface area contributed by atoms with Gasteiger partial charge in [0.1, 0.15) is 12.2 Å². The Morgan fingerprint density at radius 1 is 0.347 bits per heavy atom. The Balaban J connectivity index is 3.65. The second-order valence-corrected chi connectivity index (χ2v) is 22.1. The number of aliphatic hydroxyl groups excluding tert-OH is 4. The van der Waals surface area contributed by atoms with Crippen molar-refractivity contribution in [3.8, 4) is 0 Å². The van der Waals surface area contributed by atoms with E-state index in [0.29, 0.717) is 19.3 Å². The van der Waals surface area contributed by atoms with E-state index in [1.54, 1.807) is 0 Å². The lowest BCUT2D eigenvalue weighted by molar-refractivity contribution is -0.132. The van der Waals surface area contributed by atoms with Crippen LogP contribution in [0.4, 0.5) is 0 Å². The molecular formula is C66H125NO5. The highest BCUT2D eigenvalue weighted by atomic mass is 16.3. The van der Waals surface area contributed by atoms with Gasteiger partial charge in [0, 0.05) is 0 Å². The van der Waals surface area contributed by atoms with Crippen LogP contribution >= 0.6 is 0 Å². The summed E-state index contributed by atoms with van der Waals surface area (Å²) in [5.74, 6) is -0.597. The van der Waals surface area contributed by atoms with E-state index in [1.165, 1.54) is 257 Å². The summed E-state index contributed by atoms with van der Waals surface area (Å²) in [6, 6.07) is -1.01. The second kappa shape index (κ2) is 60.1. The van der Waals surface area contributed by atoms with Crippen LogP contribution in [0.3, 0.4) is 0 Å². The molecule has 0 rings (SSSR count). The fraction of sp³-hybridized carbons (Fsp3) is 0.864. The van der Waals surface area contributed by atoms with E-state index in [1.807, 2.05) is 0 Å². The molecule has 0 saturated carbocycles. The van der Waals surface area contributed by atoms with Crippen LogP contribution < -0.4 is 5.32 Å². The lowest BCUT2D eigenvalue weighted by atomic mass is 10.00. The molecule has 0 radical (unpaired) electrons. The van der Waals surface area contributed by atoms with Gasteiger partial charge in [0.05, 0.1) is 18.8 Å². The summed E-state index contributed by atoms with van der Waals surface area (Å²) < 4.78 is 0. The van der Waals surface area contributed by atoms with Crippen molar-refractivity contribution in [2.24, 2.45) is 0 Å². The number of rotatable bonds is 59. The highest BCUT2D eigenvalue weighted by molar-refractivity contribution is 5.80. The van der Waals surface area contributed by atoms with Crippen molar-refractivity contribution in [3.63, 3.8) is 0 Å². The molecule has 0 aromatic carbocycles. The minimum atomic E-state index is -1.29. The fourth-order valence-electron chi connectivity index (χ4n) is 9.98. The van der Waals surface area contributed by atoms with Crippen LogP contribution in [0.5, 0.6) is 0 Å². The summed E-state index contributed by atoms with van der Waals surface area (Å²) in [5, 5.41) is 44.1. The number of aliphatic hydroxyl groups is 4. The fourth-order valence-corrected chi connectivity index (χ4v) is 9.98. The summed E-state index contributed by atoms with van der Waals surface area (Å²) in [5.41, 5.74) is 0. The monoisotopic (exact) mass is 1010 g/mol. The molecular weight excluding hydrogens is 887 g/mol. The highest BCUT2D eigenvalue weighted by Gasteiger charge is 2.28. The zero-order valence-corrected chi connectivity index (χ0v) is 48.2. The molecule has 0 bridgehead atoms. The Bertz CT molecular complexity index is 1180. The van der Waals surface area contributed by atoms with Crippen molar-refractivity contribution in [1.82, 2.24) is 5.32 Å². The van der Waals surface area contributed by atoms with Crippen molar-refractivity contribution in [1.29, 1.82) is 0 Å². The van der Waals surface area contributed by atoms with Crippen molar-refractivity contribution in [2.75, 3.05) is 6.61 Å². The Morgan fingerprint density at radius 2 is 0.625 bits per heavy atom. The molecule has 0 heterocycles. The third-order valence-electron chi connectivity index (χ3n) is 15.0. The molecule has 0 aliphatic heterocycles. The van der Waals surface area contributed by atoms with Crippen LogP contribution in [0.2, 0.25) is 0 Å². The van der Waals surface area contributed by atoms with E-state index < -0.39 is 36.9 Å². The van der Waals surface area contributed by atoms with Crippen LogP contribution in [0, 0.1) is 0 Å². The molecule has 0 aromatic heterocycles. The van der Waals surface area contributed by atoms with E-state index in [9.17, 15) is 25.2 Å². The molecule has 72 heavy (non-hydrogen) atoms. The molecule has 0 saturated heterocycles. The van der Waals surface area contributed by atoms with Crippen molar-refractivity contribution in [2.45, 2.75) is 359 Å². The van der Waals surface area contributed by atoms with E-state index in [0.717, 1.165) is 44.9 Å². The minimum Gasteiger partial charge on any atom is -0.394 e. The third kappa shape index (κ3) is 53.1. The minimum absolute atomic E-state index is 0.356. The molecule has 424 valence electrons. The SMILES string of the molecule is CCCCCCCCCCC/C=C\C/C=C\CCCCCCCCCCCCC(O)C(=O)NC(CO)C(O)C(O)CCC/C=C/CC/C=C/CCCCCCCCCCCCCCCCCCCCCCC. The highest BCUT2D eigenvalue weighted by Crippen LogP contribution is 2.18. The Hall–Kier alpha value is -1.73. The van der Waals surface area contributed by atoms with E-state index >= 15 is 0 Å². The van der Waals surface area contributed by atoms with Crippen molar-refractivity contribution in [3.05, 3.63) is 48.6 Å². The molecule has 0 aliphatic rings. The first kappa shape index (κ1) is 70.3. The molecule has 0 aromatic rings. The number of unbranched alkanes of at least 4 members (excludes halogenated alkanes) is 42. The first-order valence-corrected chi connectivity index (χ1v) is 32.0. The van der Waals surface area contributed by atoms with Gasteiger partial charge in [-0.2, -0.15) is 0 Å². The lowest BCUT2D eigenvalue weighted by Crippen LogP contribution is -2.53. The van der Waals surface area contributed by atoms with Gasteiger partial charge < -0.3 is 25.7 Å². The Labute approximate surface area is 449 Å². The number of hydrogen-bond acceptors (Lipinski definition) is 5. The summed E-state index contributed by atoms with van der Waals surface area (Å²) in [4.78, 5) is 12.6. The summed E-state index contributed by atoms with van der Waals surface area (Å²) in [7, 11) is 0. The zero-order chi connectivity index (χ0) is 52.3. The van der Waals surface area contributed by atoms with Crippen molar-refractivity contribution >= 4 is 5.91 Å². The number of carbonyl (C=O) groups excluding carboxylic acids is 1. The van der Waals surface area contributed by atoms with Crippen LogP contribution in [0.15, 0.2) is 48.6 Å². The Morgan fingerprint density at radius 3 is 0.958 bits per heavy atom. The number of nitrogens with one attached hydrogen (secondary N) is 1. The molecule has 0 spiro atoms. The molecule has 6 heteroatoms. The maximum Gasteiger partial charge on any atom is 0.249 e. The molecule has 4 atom stereocenters. The van der Waals surface area contributed by atoms with Gasteiger partial charge in [0.25, 0.3) is 0 Å². The molecule has 6 nitrogen and oxygen atoms in total. The maximum atomic E-state index is 12.6. The van der Waals surface area contributed by atoms with Gasteiger partial charge in [-0.05, 0) is 83.5 Å². The maximum absolute atomic E-state index is 12.6. The van der Waals surface area contributed by atoms with E-state index in [2.05, 4.69) is 67.8 Å². The normalized spacial score (nSPS) is 13.9.